The number of carbonyl (C=O) groups is 2. The fourth-order valence-corrected chi connectivity index (χ4v) is 4.94. The second-order valence-electron chi connectivity index (χ2n) is 8.58. The quantitative estimate of drug-likeness (QED) is 0.698. The third kappa shape index (κ3) is 4.46. The number of ether oxygens (including phenoxy) is 1. The van der Waals surface area contributed by atoms with Crippen LogP contribution in [0.3, 0.4) is 0 Å². The molecule has 1 fully saturated rings. The lowest BCUT2D eigenvalue weighted by Gasteiger charge is -2.43. The molecule has 5 heteroatoms. The fraction of sp³-hybridized carbons (Fsp3) is 0.462. The number of carbonyl (C=O) groups excluding carboxylic acids is 2. The van der Waals surface area contributed by atoms with Crippen LogP contribution in [-0.4, -0.2) is 41.8 Å². The van der Waals surface area contributed by atoms with Gasteiger partial charge in [0.15, 0.2) is 0 Å². The van der Waals surface area contributed by atoms with E-state index in [2.05, 4.69) is 25.1 Å². The van der Waals surface area contributed by atoms with Gasteiger partial charge in [-0.05, 0) is 48.1 Å². The SMILES string of the molecule is CCCCN1C(=O)CC[C@H](C(=O)N2CCc3ccccc3C2)[C@H]1c1ccc(OC)cc1. The van der Waals surface area contributed by atoms with Gasteiger partial charge in [-0.25, -0.2) is 0 Å². The number of fused-ring (bicyclic) bond motifs is 1. The summed E-state index contributed by atoms with van der Waals surface area (Å²) in [6, 6.07) is 16.0. The molecule has 0 radical (unpaired) electrons. The lowest BCUT2D eigenvalue weighted by molar-refractivity contribution is -0.148. The van der Waals surface area contributed by atoms with Crippen LogP contribution >= 0.6 is 0 Å². The molecule has 2 heterocycles. The van der Waals surface area contributed by atoms with E-state index < -0.39 is 0 Å². The zero-order chi connectivity index (χ0) is 21.8. The molecule has 2 amide bonds. The second kappa shape index (κ2) is 9.54. The van der Waals surface area contributed by atoms with Gasteiger partial charge in [-0.15, -0.1) is 0 Å². The largest absolute Gasteiger partial charge is 0.497 e. The van der Waals surface area contributed by atoms with E-state index in [1.54, 1.807) is 7.11 Å². The molecule has 0 saturated carbocycles. The van der Waals surface area contributed by atoms with E-state index in [1.807, 2.05) is 40.1 Å². The van der Waals surface area contributed by atoms with Crippen molar-refractivity contribution in [2.45, 2.75) is 51.6 Å². The van der Waals surface area contributed by atoms with Crippen LogP contribution < -0.4 is 4.74 Å². The molecule has 0 aromatic heterocycles. The summed E-state index contributed by atoms with van der Waals surface area (Å²) < 4.78 is 5.32. The number of rotatable bonds is 6. The van der Waals surface area contributed by atoms with Gasteiger partial charge in [-0.2, -0.15) is 0 Å². The number of hydrogen-bond acceptors (Lipinski definition) is 3. The number of nitrogens with zero attached hydrogens (tertiary/aromatic N) is 2. The van der Waals surface area contributed by atoms with Gasteiger partial charge in [-0.1, -0.05) is 49.7 Å². The van der Waals surface area contributed by atoms with Gasteiger partial charge in [0, 0.05) is 26.1 Å². The molecule has 0 spiro atoms. The fourth-order valence-electron chi connectivity index (χ4n) is 4.94. The predicted molar refractivity (Wildman–Crippen MR) is 121 cm³/mol. The van der Waals surface area contributed by atoms with Crippen molar-refractivity contribution in [2.24, 2.45) is 5.92 Å². The van der Waals surface area contributed by atoms with Gasteiger partial charge in [0.25, 0.3) is 0 Å². The summed E-state index contributed by atoms with van der Waals surface area (Å²) in [5.41, 5.74) is 3.58. The van der Waals surface area contributed by atoms with Crippen molar-refractivity contribution >= 4 is 11.8 Å². The first-order valence-electron chi connectivity index (χ1n) is 11.4. The average molecular weight is 421 g/mol. The van der Waals surface area contributed by atoms with E-state index in [9.17, 15) is 9.59 Å². The number of likely N-dealkylation sites (tertiary alicyclic amines) is 1. The van der Waals surface area contributed by atoms with Crippen LogP contribution in [-0.2, 0) is 22.6 Å². The molecule has 0 N–H and O–H groups in total. The standard InChI is InChI=1S/C26H32N2O3/c1-3-4-16-28-24(29)14-13-23(25(28)20-9-11-22(31-2)12-10-20)26(30)27-17-15-19-7-5-6-8-21(19)18-27/h5-12,23,25H,3-4,13-18H2,1-2H3/t23-,25+/m0/s1. The van der Waals surface area contributed by atoms with E-state index in [1.165, 1.54) is 11.1 Å². The molecule has 2 aromatic carbocycles. The first-order chi connectivity index (χ1) is 15.1. The number of piperidine rings is 1. The van der Waals surface area contributed by atoms with Gasteiger partial charge in [0.2, 0.25) is 11.8 Å². The zero-order valence-corrected chi connectivity index (χ0v) is 18.5. The Morgan fingerprint density at radius 1 is 1.06 bits per heavy atom. The average Bonchev–Trinajstić information content (AvgIpc) is 2.82. The van der Waals surface area contributed by atoms with Gasteiger partial charge in [0.1, 0.15) is 5.75 Å². The normalized spacial score (nSPS) is 21.0. The number of amides is 2. The first-order valence-corrected chi connectivity index (χ1v) is 11.4. The maximum absolute atomic E-state index is 13.8. The Balaban J connectivity index is 1.63. The minimum atomic E-state index is -0.219. The minimum Gasteiger partial charge on any atom is -0.497 e. The van der Waals surface area contributed by atoms with Crippen molar-refractivity contribution in [2.75, 3.05) is 20.2 Å². The van der Waals surface area contributed by atoms with Gasteiger partial charge in [0.05, 0.1) is 19.1 Å². The van der Waals surface area contributed by atoms with E-state index in [4.69, 9.17) is 4.74 Å². The highest BCUT2D eigenvalue weighted by molar-refractivity contribution is 5.85. The van der Waals surface area contributed by atoms with Gasteiger partial charge in [-0.3, -0.25) is 9.59 Å². The molecule has 2 atom stereocenters. The molecule has 5 nitrogen and oxygen atoms in total. The Morgan fingerprint density at radius 3 is 2.52 bits per heavy atom. The molecule has 0 aliphatic carbocycles. The predicted octanol–water partition coefficient (Wildman–Crippen LogP) is 4.36. The van der Waals surface area contributed by atoms with Crippen molar-refractivity contribution in [3.63, 3.8) is 0 Å². The Morgan fingerprint density at radius 2 is 1.81 bits per heavy atom. The van der Waals surface area contributed by atoms with E-state index in [0.717, 1.165) is 37.1 Å². The Hall–Kier alpha value is -2.82. The molecule has 1 saturated heterocycles. The maximum atomic E-state index is 13.8. The first kappa shape index (κ1) is 21.4. The van der Waals surface area contributed by atoms with Gasteiger partial charge < -0.3 is 14.5 Å². The summed E-state index contributed by atoms with van der Waals surface area (Å²) in [6.07, 6.45) is 3.89. The van der Waals surface area contributed by atoms with Crippen molar-refractivity contribution < 1.29 is 14.3 Å². The summed E-state index contributed by atoms with van der Waals surface area (Å²) in [6.45, 7) is 4.22. The summed E-state index contributed by atoms with van der Waals surface area (Å²) in [5, 5.41) is 0. The monoisotopic (exact) mass is 420 g/mol. The summed E-state index contributed by atoms with van der Waals surface area (Å²) >= 11 is 0. The number of benzene rings is 2. The van der Waals surface area contributed by atoms with E-state index >= 15 is 0 Å². The number of methoxy groups -OCH3 is 1. The molecule has 2 aliphatic heterocycles. The van der Waals surface area contributed by atoms with Crippen molar-refractivity contribution in [3.05, 3.63) is 65.2 Å². The molecule has 0 bridgehead atoms. The second-order valence-corrected chi connectivity index (χ2v) is 8.58. The molecular formula is C26H32N2O3. The number of unbranched alkanes of at least 4 members (excludes halogenated alkanes) is 1. The summed E-state index contributed by atoms with van der Waals surface area (Å²) in [5.74, 6) is 0.890. The van der Waals surface area contributed by atoms with Crippen molar-refractivity contribution in [1.29, 1.82) is 0 Å². The topological polar surface area (TPSA) is 49.9 Å². The minimum absolute atomic E-state index is 0.155. The lowest BCUT2D eigenvalue weighted by Crippen LogP contribution is -2.50. The Labute approximate surface area is 185 Å². The molecular weight excluding hydrogens is 388 g/mol. The highest BCUT2D eigenvalue weighted by Gasteiger charge is 2.42. The molecule has 164 valence electrons. The van der Waals surface area contributed by atoms with E-state index in [-0.39, 0.29) is 23.8 Å². The third-order valence-electron chi connectivity index (χ3n) is 6.68. The molecule has 2 aliphatic rings. The van der Waals surface area contributed by atoms with Crippen LogP contribution in [0.1, 0.15) is 55.3 Å². The highest BCUT2D eigenvalue weighted by atomic mass is 16.5. The Kier molecular flexibility index (Phi) is 6.59. The number of hydrogen-bond donors (Lipinski definition) is 0. The molecule has 2 aromatic rings. The van der Waals surface area contributed by atoms with Gasteiger partial charge >= 0.3 is 0 Å². The van der Waals surface area contributed by atoms with Crippen LogP contribution in [0.4, 0.5) is 0 Å². The third-order valence-corrected chi connectivity index (χ3v) is 6.68. The lowest BCUT2D eigenvalue weighted by atomic mass is 9.82. The zero-order valence-electron chi connectivity index (χ0n) is 18.5. The van der Waals surface area contributed by atoms with Crippen LogP contribution in [0.5, 0.6) is 5.75 Å². The highest BCUT2D eigenvalue weighted by Crippen LogP contribution is 2.39. The van der Waals surface area contributed by atoms with E-state index in [0.29, 0.717) is 25.9 Å². The summed E-state index contributed by atoms with van der Waals surface area (Å²) in [7, 11) is 1.65. The Bertz CT molecular complexity index is 925. The van der Waals surface area contributed by atoms with Crippen molar-refractivity contribution in [3.8, 4) is 5.75 Å². The molecule has 31 heavy (non-hydrogen) atoms. The van der Waals surface area contributed by atoms with Crippen molar-refractivity contribution in [1.82, 2.24) is 9.80 Å². The maximum Gasteiger partial charge on any atom is 0.228 e. The smallest absolute Gasteiger partial charge is 0.228 e. The molecule has 0 unspecified atom stereocenters. The van der Waals surface area contributed by atoms with Crippen LogP contribution in [0.15, 0.2) is 48.5 Å². The molecule has 4 rings (SSSR count). The summed E-state index contributed by atoms with van der Waals surface area (Å²) in [4.78, 5) is 30.6. The van der Waals surface area contributed by atoms with Crippen LogP contribution in [0.25, 0.3) is 0 Å². The van der Waals surface area contributed by atoms with Crippen LogP contribution in [0.2, 0.25) is 0 Å². The van der Waals surface area contributed by atoms with Crippen LogP contribution in [0, 0.1) is 5.92 Å².